The molecule has 33 heavy (non-hydrogen) atoms. The molecule has 2 aliphatic rings. The molecule has 0 saturated carbocycles. The number of rotatable bonds is 6. The number of hydrazine groups is 1. The summed E-state index contributed by atoms with van der Waals surface area (Å²) in [6.45, 7) is 1.69. The van der Waals surface area contributed by atoms with Gasteiger partial charge in [-0.3, -0.25) is 9.78 Å². The summed E-state index contributed by atoms with van der Waals surface area (Å²) < 4.78 is 55.9. The monoisotopic (exact) mass is 466 g/mol. The van der Waals surface area contributed by atoms with E-state index in [0.29, 0.717) is 34.7 Å². The van der Waals surface area contributed by atoms with Crippen LogP contribution in [0.1, 0.15) is 34.8 Å². The molecule has 2 aromatic rings. The molecule has 11 heteroatoms. The summed E-state index contributed by atoms with van der Waals surface area (Å²) >= 11 is 0. The van der Waals surface area contributed by atoms with Crippen LogP contribution in [0.3, 0.4) is 0 Å². The number of nitrogens with one attached hydrogen (secondary N) is 2. The van der Waals surface area contributed by atoms with Gasteiger partial charge in [0.15, 0.2) is 0 Å². The number of aryl methyl sites for hydroxylation is 1. The number of halogens is 4. The van der Waals surface area contributed by atoms with Crippen LogP contribution in [0.15, 0.2) is 30.5 Å². The van der Waals surface area contributed by atoms with Crippen LogP contribution in [0, 0.1) is 17.6 Å². The van der Waals surface area contributed by atoms with Crippen molar-refractivity contribution in [2.24, 2.45) is 0 Å². The number of fused-ring (bicyclic) bond motifs is 1. The number of carbonyl (C=O) groups excluding carboxylic acids is 1. The van der Waals surface area contributed by atoms with E-state index >= 15 is 0 Å². The Morgan fingerprint density at radius 1 is 1.21 bits per heavy atom. The Morgan fingerprint density at radius 3 is 2.58 bits per heavy atom. The quantitative estimate of drug-likeness (QED) is 0.389. The number of nitrogens with zero attached hydrogens (tertiary/aromatic N) is 3. The lowest BCUT2D eigenvalue weighted by Crippen LogP contribution is -2.46. The van der Waals surface area contributed by atoms with E-state index in [1.165, 1.54) is 18.3 Å². The molecule has 2 heterocycles. The number of carbonyl (C=O) groups is 1. The van der Waals surface area contributed by atoms with Crippen molar-refractivity contribution in [1.82, 2.24) is 15.3 Å². The van der Waals surface area contributed by atoms with E-state index in [4.69, 9.17) is 0 Å². The van der Waals surface area contributed by atoms with Gasteiger partial charge in [-0.05, 0) is 48.6 Å². The Bertz CT molecular complexity index is 1070. The van der Waals surface area contributed by atoms with Crippen molar-refractivity contribution in [3.05, 3.63) is 63.6 Å². The van der Waals surface area contributed by atoms with Gasteiger partial charge in [0.05, 0.1) is 42.5 Å². The number of anilines is 1. The molecule has 4 rings (SSSR count). The van der Waals surface area contributed by atoms with Crippen LogP contribution < -0.4 is 10.6 Å². The Balaban J connectivity index is 1.47. The largest absolute Gasteiger partial charge is 0.420 e. The van der Waals surface area contributed by atoms with Gasteiger partial charge in [0.1, 0.15) is 10.7 Å². The minimum Gasteiger partial charge on any atom is -0.380 e. The third-order valence-electron chi connectivity index (χ3n) is 6.15. The predicted molar refractivity (Wildman–Crippen MR) is 112 cm³/mol. The highest BCUT2D eigenvalue weighted by Gasteiger charge is 2.52. The van der Waals surface area contributed by atoms with Crippen molar-refractivity contribution in [3.63, 3.8) is 0 Å². The molecule has 7 nitrogen and oxygen atoms in total. The zero-order valence-electron chi connectivity index (χ0n) is 18.1. The lowest BCUT2D eigenvalue weighted by atomic mass is 10.1. The third-order valence-corrected chi connectivity index (χ3v) is 6.15. The van der Waals surface area contributed by atoms with Crippen LogP contribution in [0.2, 0.25) is 0 Å². The van der Waals surface area contributed by atoms with Gasteiger partial charge in [-0.25, -0.2) is 4.39 Å². The highest BCUT2D eigenvalue weighted by Crippen LogP contribution is 2.37. The molecule has 0 radical (unpaired) electrons. The molecule has 1 unspecified atom stereocenters. The minimum absolute atomic E-state index is 0.0164. The van der Waals surface area contributed by atoms with Crippen molar-refractivity contribution >= 4 is 11.6 Å². The molecule has 0 spiro atoms. The van der Waals surface area contributed by atoms with Gasteiger partial charge in [0.2, 0.25) is 11.9 Å². The summed E-state index contributed by atoms with van der Waals surface area (Å²) in [5.41, 5.74) is 2.31. The smallest absolute Gasteiger partial charge is 0.380 e. The Morgan fingerprint density at radius 2 is 1.97 bits per heavy atom. The summed E-state index contributed by atoms with van der Waals surface area (Å²) in [5.74, 6) is -0.599. The Hall–Kier alpha value is -3.24. The molecule has 1 saturated heterocycles. The van der Waals surface area contributed by atoms with E-state index in [1.807, 2.05) is 6.07 Å². The number of benzene rings is 1. The standard InChI is InChI=1S/C22H23F4N5O2/c1-12-3-4-13-7-15(8-17(13)20(12)23)29-14-5-6-18(27-10-14)21(22(24,25)26)30(2)31(33)16-9-19(32)28-11-16/h3-6,10,15-16,21,29H,7-9,11H2,1-2H3/p+1/t15?,16-,21+/m1/s1. The lowest BCUT2D eigenvalue weighted by Gasteiger charge is -2.25. The van der Waals surface area contributed by atoms with Crippen LogP contribution in [-0.4, -0.2) is 52.6 Å². The third kappa shape index (κ3) is 4.62. The number of aromatic nitrogens is 1. The molecule has 1 fully saturated rings. The van der Waals surface area contributed by atoms with Gasteiger partial charge in [-0.1, -0.05) is 12.1 Å². The average Bonchev–Trinajstić information content (AvgIpc) is 3.37. The van der Waals surface area contributed by atoms with E-state index in [9.17, 15) is 27.3 Å². The number of nitroso groups, excluding NO2 is 1. The fraction of sp³-hybridized carbons (Fsp3) is 0.455. The van der Waals surface area contributed by atoms with Crippen molar-refractivity contribution in [2.75, 3.05) is 18.9 Å². The maximum atomic E-state index is 14.3. The topological polar surface area (TPSA) is 77.3 Å². The SMILES string of the molecule is Cc1ccc2c(c1F)CC(Nc1ccc([C@H](N(C)[N+](=O)[C@H]3CNC(=O)C3)C(F)(F)F)nc1)C2. The normalized spacial score (nSPS) is 20.8. The molecule has 3 atom stereocenters. The second kappa shape index (κ2) is 8.60. The fourth-order valence-electron chi connectivity index (χ4n) is 4.45. The summed E-state index contributed by atoms with van der Waals surface area (Å²) in [6.07, 6.45) is -2.59. The van der Waals surface area contributed by atoms with E-state index in [2.05, 4.69) is 15.6 Å². The molecular formula is C22H24F4N5O2+. The van der Waals surface area contributed by atoms with Gasteiger partial charge < -0.3 is 10.6 Å². The van der Waals surface area contributed by atoms with Gasteiger partial charge >= 0.3 is 6.18 Å². The summed E-state index contributed by atoms with van der Waals surface area (Å²) in [4.78, 5) is 28.0. The fourth-order valence-corrected chi connectivity index (χ4v) is 4.45. The molecule has 1 aliphatic heterocycles. The second-order valence-electron chi connectivity index (χ2n) is 8.54. The zero-order chi connectivity index (χ0) is 23.9. The second-order valence-corrected chi connectivity index (χ2v) is 8.54. The van der Waals surface area contributed by atoms with Crippen molar-refractivity contribution in [2.45, 2.75) is 50.5 Å². The summed E-state index contributed by atoms with van der Waals surface area (Å²) in [7, 11) is 1.04. The molecule has 1 aromatic heterocycles. The number of alkyl halides is 3. The summed E-state index contributed by atoms with van der Waals surface area (Å²) in [6, 6.07) is 3.02. The van der Waals surface area contributed by atoms with Crippen molar-refractivity contribution in [3.8, 4) is 0 Å². The first-order valence-corrected chi connectivity index (χ1v) is 10.6. The maximum Gasteiger partial charge on any atom is 0.420 e. The van der Waals surface area contributed by atoms with Crippen molar-refractivity contribution < 1.29 is 27.2 Å². The highest BCUT2D eigenvalue weighted by atomic mass is 19.4. The van der Waals surface area contributed by atoms with Gasteiger partial charge in [-0.2, -0.15) is 13.2 Å². The predicted octanol–water partition coefficient (Wildman–Crippen LogP) is 3.23. The van der Waals surface area contributed by atoms with Gasteiger partial charge in [-0.15, -0.1) is 5.01 Å². The maximum absolute atomic E-state index is 14.3. The molecular weight excluding hydrogens is 442 g/mol. The number of amides is 1. The Kier molecular flexibility index (Phi) is 5.98. The number of hydrogen-bond acceptors (Lipinski definition) is 4. The molecule has 176 valence electrons. The molecule has 1 aliphatic carbocycles. The van der Waals surface area contributed by atoms with Crippen molar-refractivity contribution in [1.29, 1.82) is 0 Å². The summed E-state index contributed by atoms with van der Waals surface area (Å²) in [5, 5.41) is 6.17. The van der Waals surface area contributed by atoms with Gasteiger partial charge in [0.25, 0.3) is 6.04 Å². The van der Waals surface area contributed by atoms with Crippen LogP contribution >= 0.6 is 0 Å². The molecule has 2 N–H and O–H groups in total. The zero-order valence-corrected chi connectivity index (χ0v) is 18.1. The molecule has 1 aromatic carbocycles. The average molecular weight is 466 g/mol. The molecule has 0 bridgehead atoms. The van der Waals surface area contributed by atoms with Gasteiger partial charge in [0, 0.05) is 6.04 Å². The van der Waals surface area contributed by atoms with Crippen LogP contribution in [0.5, 0.6) is 0 Å². The van der Waals surface area contributed by atoms with E-state index in [0.717, 1.165) is 12.6 Å². The number of pyridine rings is 1. The highest BCUT2D eigenvalue weighted by molar-refractivity contribution is 5.78. The van der Waals surface area contributed by atoms with Crippen LogP contribution in [-0.2, 0) is 17.6 Å². The Labute approximate surface area is 187 Å². The van der Waals surface area contributed by atoms with E-state index in [1.54, 1.807) is 13.0 Å². The molecule has 1 amide bonds. The first-order valence-electron chi connectivity index (χ1n) is 10.6. The van der Waals surface area contributed by atoms with E-state index < -0.39 is 18.3 Å². The van der Waals surface area contributed by atoms with Crippen LogP contribution in [0.25, 0.3) is 0 Å². The first-order chi connectivity index (χ1) is 15.5. The van der Waals surface area contributed by atoms with Crippen LogP contribution in [0.4, 0.5) is 23.2 Å². The van der Waals surface area contributed by atoms with E-state index in [-0.39, 0.29) is 41.3 Å². The lowest BCUT2D eigenvalue weighted by molar-refractivity contribution is -0.740. The minimum atomic E-state index is -4.77. The number of hydrogen-bond donors (Lipinski definition) is 2. The first kappa shape index (κ1) is 22.9.